The summed E-state index contributed by atoms with van der Waals surface area (Å²) in [5, 5.41) is 3.69. The maximum atomic E-state index is 12.3. The SMILES string of the molecule is COC1(CN[C@@H]2CCN(c3nc(C(=O)N(C)C)nc(C)c3C)C2)CCOCC1. The molecule has 0 aromatic carbocycles. The molecule has 3 rings (SSSR count). The lowest BCUT2D eigenvalue weighted by molar-refractivity contribution is -0.0884. The zero-order valence-corrected chi connectivity index (χ0v) is 17.7. The molecule has 156 valence electrons. The maximum absolute atomic E-state index is 12.3. The summed E-state index contributed by atoms with van der Waals surface area (Å²) in [6, 6.07) is 0.373. The van der Waals surface area contributed by atoms with Gasteiger partial charge in [0.1, 0.15) is 5.82 Å². The van der Waals surface area contributed by atoms with Crippen molar-refractivity contribution in [2.75, 3.05) is 59.0 Å². The van der Waals surface area contributed by atoms with Crippen LogP contribution in [0.15, 0.2) is 0 Å². The summed E-state index contributed by atoms with van der Waals surface area (Å²) >= 11 is 0. The summed E-state index contributed by atoms with van der Waals surface area (Å²) < 4.78 is 11.3. The Balaban J connectivity index is 1.67. The van der Waals surface area contributed by atoms with Crippen LogP contribution in [0.4, 0.5) is 5.82 Å². The molecule has 2 fully saturated rings. The molecule has 2 aliphatic heterocycles. The van der Waals surface area contributed by atoms with E-state index >= 15 is 0 Å². The zero-order valence-electron chi connectivity index (χ0n) is 17.7. The van der Waals surface area contributed by atoms with Gasteiger partial charge in [-0.2, -0.15) is 0 Å². The monoisotopic (exact) mass is 391 g/mol. The standard InChI is InChI=1S/C20H33N5O3/c1-14-15(2)22-17(19(26)24(3)4)23-18(14)25-9-6-16(12-25)21-13-20(27-5)7-10-28-11-8-20/h16,21H,6-13H2,1-5H3/t16-/m1/s1. The van der Waals surface area contributed by atoms with Crippen LogP contribution in [-0.2, 0) is 9.47 Å². The Labute approximate surface area is 167 Å². The Morgan fingerprint density at radius 1 is 1.32 bits per heavy atom. The van der Waals surface area contributed by atoms with E-state index in [1.54, 1.807) is 21.2 Å². The molecule has 1 aromatic heterocycles. The van der Waals surface area contributed by atoms with Gasteiger partial charge in [0.15, 0.2) is 0 Å². The van der Waals surface area contributed by atoms with E-state index in [4.69, 9.17) is 9.47 Å². The number of aromatic nitrogens is 2. The van der Waals surface area contributed by atoms with Gasteiger partial charge in [0.05, 0.1) is 5.60 Å². The molecule has 0 saturated carbocycles. The van der Waals surface area contributed by atoms with Gasteiger partial charge < -0.3 is 24.6 Å². The van der Waals surface area contributed by atoms with Crippen molar-refractivity contribution in [3.05, 3.63) is 17.1 Å². The molecule has 0 spiro atoms. The summed E-state index contributed by atoms with van der Waals surface area (Å²) in [6.45, 7) is 8.08. The van der Waals surface area contributed by atoms with E-state index in [-0.39, 0.29) is 17.3 Å². The van der Waals surface area contributed by atoms with Crippen LogP contribution in [0.3, 0.4) is 0 Å². The van der Waals surface area contributed by atoms with Crippen LogP contribution < -0.4 is 10.2 Å². The zero-order chi connectivity index (χ0) is 20.3. The molecule has 1 N–H and O–H groups in total. The third-order valence-corrected chi connectivity index (χ3v) is 6.00. The number of nitrogens with one attached hydrogen (secondary N) is 1. The van der Waals surface area contributed by atoms with E-state index in [1.807, 2.05) is 13.8 Å². The number of amides is 1. The molecular formula is C20H33N5O3. The van der Waals surface area contributed by atoms with Crippen molar-refractivity contribution in [3.63, 3.8) is 0 Å². The average Bonchev–Trinajstić information content (AvgIpc) is 3.17. The Kier molecular flexibility index (Phi) is 6.52. The normalized spacial score (nSPS) is 21.8. The van der Waals surface area contributed by atoms with Gasteiger partial charge in [0.2, 0.25) is 5.82 Å². The number of nitrogens with zero attached hydrogens (tertiary/aromatic N) is 4. The summed E-state index contributed by atoms with van der Waals surface area (Å²) in [4.78, 5) is 25.1. The average molecular weight is 392 g/mol. The number of carbonyl (C=O) groups excluding carboxylic acids is 1. The fraction of sp³-hybridized carbons (Fsp3) is 0.750. The highest BCUT2D eigenvalue weighted by atomic mass is 16.5. The topological polar surface area (TPSA) is 79.8 Å². The van der Waals surface area contributed by atoms with Crippen LogP contribution >= 0.6 is 0 Å². The van der Waals surface area contributed by atoms with Gasteiger partial charge in [0.25, 0.3) is 5.91 Å². The minimum Gasteiger partial charge on any atom is -0.381 e. The number of carbonyl (C=O) groups is 1. The molecule has 0 bridgehead atoms. The van der Waals surface area contributed by atoms with Crippen molar-refractivity contribution >= 4 is 11.7 Å². The second-order valence-electron chi connectivity index (χ2n) is 8.09. The summed E-state index contributed by atoms with van der Waals surface area (Å²) in [5.74, 6) is 0.967. The highest BCUT2D eigenvalue weighted by Gasteiger charge is 2.34. The number of hydrogen-bond acceptors (Lipinski definition) is 7. The third kappa shape index (κ3) is 4.45. The molecule has 0 unspecified atom stereocenters. The molecular weight excluding hydrogens is 358 g/mol. The molecule has 2 saturated heterocycles. The number of rotatable bonds is 6. The van der Waals surface area contributed by atoms with Gasteiger partial charge in [0, 0.05) is 84.2 Å². The first-order chi connectivity index (χ1) is 13.3. The summed E-state index contributed by atoms with van der Waals surface area (Å²) in [7, 11) is 5.24. The van der Waals surface area contributed by atoms with Crippen LogP contribution in [-0.4, -0.2) is 86.5 Å². The summed E-state index contributed by atoms with van der Waals surface area (Å²) in [6.07, 6.45) is 2.88. The number of ether oxygens (including phenoxy) is 2. The molecule has 3 heterocycles. The molecule has 0 aliphatic carbocycles. The number of anilines is 1. The van der Waals surface area contributed by atoms with Gasteiger partial charge in [-0.15, -0.1) is 0 Å². The third-order valence-electron chi connectivity index (χ3n) is 6.00. The van der Waals surface area contributed by atoms with Crippen molar-refractivity contribution in [2.24, 2.45) is 0 Å². The first-order valence-electron chi connectivity index (χ1n) is 10.0. The second kappa shape index (κ2) is 8.71. The van der Waals surface area contributed by atoms with E-state index in [1.165, 1.54) is 4.90 Å². The number of hydrogen-bond donors (Lipinski definition) is 1. The molecule has 2 aliphatic rings. The number of methoxy groups -OCH3 is 1. The minimum atomic E-state index is -0.167. The van der Waals surface area contributed by atoms with Crippen LogP contribution in [0.2, 0.25) is 0 Å². The molecule has 1 aromatic rings. The predicted octanol–water partition coefficient (Wildman–Crippen LogP) is 1.16. The smallest absolute Gasteiger partial charge is 0.291 e. The van der Waals surface area contributed by atoms with Crippen LogP contribution in [0, 0.1) is 13.8 Å². The van der Waals surface area contributed by atoms with E-state index in [0.29, 0.717) is 6.04 Å². The van der Waals surface area contributed by atoms with Crippen molar-refractivity contribution in [1.29, 1.82) is 0 Å². The van der Waals surface area contributed by atoms with Crippen molar-refractivity contribution in [1.82, 2.24) is 20.2 Å². The molecule has 1 atom stereocenters. The number of aryl methyl sites for hydroxylation is 1. The van der Waals surface area contributed by atoms with Crippen LogP contribution in [0.5, 0.6) is 0 Å². The lowest BCUT2D eigenvalue weighted by atomic mass is 9.93. The van der Waals surface area contributed by atoms with Gasteiger partial charge in [-0.05, 0) is 20.3 Å². The van der Waals surface area contributed by atoms with Gasteiger partial charge in [-0.25, -0.2) is 9.97 Å². The Bertz CT molecular complexity index is 703. The highest BCUT2D eigenvalue weighted by Crippen LogP contribution is 2.26. The largest absolute Gasteiger partial charge is 0.381 e. The van der Waals surface area contributed by atoms with Crippen LogP contribution in [0.1, 0.15) is 41.1 Å². The van der Waals surface area contributed by atoms with Gasteiger partial charge >= 0.3 is 0 Å². The van der Waals surface area contributed by atoms with Gasteiger partial charge in [-0.3, -0.25) is 4.79 Å². The fourth-order valence-electron chi connectivity index (χ4n) is 3.86. The van der Waals surface area contributed by atoms with Crippen molar-refractivity contribution in [2.45, 2.75) is 44.8 Å². The molecule has 28 heavy (non-hydrogen) atoms. The molecule has 1 amide bonds. The van der Waals surface area contributed by atoms with E-state index in [9.17, 15) is 4.79 Å². The van der Waals surface area contributed by atoms with Gasteiger partial charge in [-0.1, -0.05) is 0 Å². The quantitative estimate of drug-likeness (QED) is 0.779. The maximum Gasteiger partial charge on any atom is 0.291 e. The minimum absolute atomic E-state index is 0.127. The molecule has 8 heteroatoms. The van der Waals surface area contributed by atoms with Crippen LogP contribution in [0.25, 0.3) is 0 Å². The van der Waals surface area contributed by atoms with E-state index < -0.39 is 0 Å². The Morgan fingerprint density at radius 2 is 2.04 bits per heavy atom. The predicted molar refractivity (Wildman–Crippen MR) is 108 cm³/mol. The van der Waals surface area contributed by atoms with E-state index in [0.717, 1.165) is 69.2 Å². The summed E-state index contributed by atoms with van der Waals surface area (Å²) in [5.41, 5.74) is 1.76. The second-order valence-corrected chi connectivity index (χ2v) is 8.09. The lowest BCUT2D eigenvalue weighted by Gasteiger charge is -2.37. The first kappa shape index (κ1) is 21.0. The van der Waals surface area contributed by atoms with Crippen molar-refractivity contribution < 1.29 is 14.3 Å². The lowest BCUT2D eigenvalue weighted by Crippen LogP contribution is -2.49. The van der Waals surface area contributed by atoms with E-state index in [2.05, 4.69) is 20.2 Å². The Hall–Kier alpha value is -1.77. The highest BCUT2D eigenvalue weighted by molar-refractivity contribution is 5.90. The Morgan fingerprint density at radius 3 is 2.68 bits per heavy atom. The molecule has 8 nitrogen and oxygen atoms in total. The molecule has 0 radical (unpaired) electrons. The fourth-order valence-corrected chi connectivity index (χ4v) is 3.86. The first-order valence-corrected chi connectivity index (χ1v) is 10.0. The van der Waals surface area contributed by atoms with Crippen molar-refractivity contribution in [3.8, 4) is 0 Å².